The largest absolute Gasteiger partial charge is 0.332 e. The van der Waals surface area contributed by atoms with Crippen LogP contribution in [0.1, 0.15) is 16.7 Å². The van der Waals surface area contributed by atoms with Gasteiger partial charge in [-0.05, 0) is 25.0 Å². The Bertz CT molecular complexity index is 349. The smallest absolute Gasteiger partial charge is 0.289 e. The number of amides is 1. The lowest BCUT2D eigenvalue weighted by Gasteiger charge is -2.15. The van der Waals surface area contributed by atoms with Crippen molar-refractivity contribution in [3.8, 4) is 0 Å². The van der Waals surface area contributed by atoms with E-state index < -0.39 is 0 Å². The van der Waals surface area contributed by atoms with E-state index in [0.717, 1.165) is 0 Å². The first-order chi connectivity index (χ1) is 6.50. The molecule has 2 nitrogen and oxygen atoms in total. The molecular formula is C11H14BrNO. The van der Waals surface area contributed by atoms with Crippen LogP contribution < -0.4 is 0 Å². The van der Waals surface area contributed by atoms with Crippen molar-refractivity contribution in [2.75, 3.05) is 7.05 Å². The molecule has 14 heavy (non-hydrogen) atoms. The van der Waals surface area contributed by atoms with Gasteiger partial charge >= 0.3 is 0 Å². The Hall–Kier alpha value is -0.830. The molecule has 0 aliphatic rings. The van der Waals surface area contributed by atoms with E-state index in [4.69, 9.17) is 0 Å². The van der Waals surface area contributed by atoms with Gasteiger partial charge in [-0.15, -0.1) is 0 Å². The van der Waals surface area contributed by atoms with Gasteiger partial charge in [-0.3, -0.25) is 4.79 Å². The molecule has 3 heteroatoms. The maximum Gasteiger partial charge on any atom is 0.289 e. The molecular weight excluding hydrogens is 242 g/mol. The van der Waals surface area contributed by atoms with Crippen molar-refractivity contribution in [3.63, 3.8) is 0 Å². The number of rotatable bonds is 2. The Morgan fingerprint density at radius 1 is 1.43 bits per heavy atom. The number of carbonyl (C=O) groups excluding carboxylic acids is 1. The second kappa shape index (κ2) is 4.60. The van der Waals surface area contributed by atoms with E-state index in [0.29, 0.717) is 6.54 Å². The SMILES string of the molecule is Cc1ccc(CN(C)C(=O)Br)c(C)c1. The van der Waals surface area contributed by atoms with Crippen LogP contribution in [0.3, 0.4) is 0 Å². The molecule has 76 valence electrons. The molecule has 0 saturated carbocycles. The van der Waals surface area contributed by atoms with Gasteiger partial charge in [0.2, 0.25) is 0 Å². The molecule has 1 aromatic rings. The molecule has 0 radical (unpaired) electrons. The molecule has 1 amide bonds. The van der Waals surface area contributed by atoms with Crippen LogP contribution in [0.4, 0.5) is 4.79 Å². The van der Waals surface area contributed by atoms with Crippen LogP contribution in [0.25, 0.3) is 0 Å². The summed E-state index contributed by atoms with van der Waals surface area (Å²) in [5.41, 5.74) is 3.66. The van der Waals surface area contributed by atoms with Gasteiger partial charge in [-0.25, -0.2) is 0 Å². The zero-order valence-electron chi connectivity index (χ0n) is 8.67. The molecule has 0 aliphatic carbocycles. The van der Waals surface area contributed by atoms with E-state index in [1.165, 1.54) is 16.7 Å². The van der Waals surface area contributed by atoms with E-state index >= 15 is 0 Å². The average molecular weight is 256 g/mol. The number of aryl methyl sites for hydroxylation is 2. The number of hydrogen-bond donors (Lipinski definition) is 0. The summed E-state index contributed by atoms with van der Waals surface area (Å²) < 4.78 is 0. The monoisotopic (exact) mass is 255 g/mol. The zero-order chi connectivity index (χ0) is 10.7. The molecule has 0 atom stereocenters. The van der Waals surface area contributed by atoms with Crippen molar-refractivity contribution < 1.29 is 4.79 Å². The fraction of sp³-hybridized carbons (Fsp3) is 0.364. The molecule has 0 bridgehead atoms. The molecule has 0 aromatic heterocycles. The summed E-state index contributed by atoms with van der Waals surface area (Å²) in [6.45, 7) is 4.78. The van der Waals surface area contributed by atoms with Crippen LogP contribution in [-0.4, -0.2) is 16.8 Å². The van der Waals surface area contributed by atoms with E-state index in [1.54, 1.807) is 11.9 Å². The third kappa shape index (κ3) is 2.84. The summed E-state index contributed by atoms with van der Waals surface area (Å²) >= 11 is 2.92. The maximum absolute atomic E-state index is 11.0. The highest BCUT2D eigenvalue weighted by Gasteiger charge is 2.06. The van der Waals surface area contributed by atoms with Gasteiger partial charge < -0.3 is 4.90 Å². The Balaban J connectivity index is 2.82. The molecule has 0 saturated heterocycles. The Morgan fingerprint density at radius 3 is 2.57 bits per heavy atom. The minimum Gasteiger partial charge on any atom is -0.332 e. The second-order valence-electron chi connectivity index (χ2n) is 3.54. The first kappa shape index (κ1) is 11.2. The first-order valence-electron chi connectivity index (χ1n) is 4.47. The van der Waals surface area contributed by atoms with E-state index in [-0.39, 0.29) is 4.82 Å². The molecule has 0 unspecified atom stereocenters. The number of carbonyl (C=O) groups is 1. The highest BCUT2D eigenvalue weighted by atomic mass is 79.9. The van der Waals surface area contributed by atoms with Crippen LogP contribution in [0.2, 0.25) is 0 Å². The lowest BCUT2D eigenvalue weighted by atomic mass is 10.1. The summed E-state index contributed by atoms with van der Waals surface area (Å²) in [5, 5.41) is 0. The second-order valence-corrected chi connectivity index (χ2v) is 4.22. The van der Waals surface area contributed by atoms with Gasteiger partial charge in [0.05, 0.1) is 0 Å². The molecule has 0 N–H and O–H groups in total. The van der Waals surface area contributed by atoms with Crippen LogP contribution in [0.15, 0.2) is 18.2 Å². The Kier molecular flexibility index (Phi) is 3.69. The molecule has 0 heterocycles. The molecule has 0 fully saturated rings. The third-order valence-corrected chi connectivity index (χ3v) is 2.81. The fourth-order valence-corrected chi connectivity index (χ4v) is 1.47. The van der Waals surface area contributed by atoms with Gasteiger partial charge in [0, 0.05) is 29.5 Å². The highest BCUT2D eigenvalue weighted by molar-refractivity contribution is 9.18. The van der Waals surface area contributed by atoms with Crippen molar-refractivity contribution >= 4 is 20.7 Å². The lowest BCUT2D eigenvalue weighted by molar-refractivity contribution is 0.233. The summed E-state index contributed by atoms with van der Waals surface area (Å²) in [6.07, 6.45) is 0. The van der Waals surface area contributed by atoms with Crippen LogP contribution in [0, 0.1) is 13.8 Å². The quantitative estimate of drug-likeness (QED) is 0.587. The predicted octanol–water partition coefficient (Wildman–Crippen LogP) is 3.25. The van der Waals surface area contributed by atoms with Crippen LogP contribution >= 0.6 is 15.9 Å². The summed E-state index contributed by atoms with van der Waals surface area (Å²) in [4.78, 5) is 12.5. The minimum atomic E-state index is -0.0857. The number of benzene rings is 1. The molecule has 1 rings (SSSR count). The minimum absolute atomic E-state index is 0.0857. The predicted molar refractivity (Wildman–Crippen MR) is 61.7 cm³/mol. The van der Waals surface area contributed by atoms with Crippen molar-refractivity contribution in [1.82, 2.24) is 4.90 Å². The Labute approximate surface area is 93.0 Å². The number of hydrogen-bond acceptors (Lipinski definition) is 1. The molecule has 1 aromatic carbocycles. The average Bonchev–Trinajstić information content (AvgIpc) is 2.09. The summed E-state index contributed by atoms with van der Waals surface area (Å²) in [6, 6.07) is 6.26. The van der Waals surface area contributed by atoms with Crippen molar-refractivity contribution in [3.05, 3.63) is 34.9 Å². The van der Waals surface area contributed by atoms with E-state index in [2.05, 4.69) is 48.0 Å². The fourth-order valence-electron chi connectivity index (χ4n) is 1.34. The Morgan fingerprint density at radius 2 is 2.07 bits per heavy atom. The van der Waals surface area contributed by atoms with Gasteiger partial charge in [-0.1, -0.05) is 23.8 Å². The summed E-state index contributed by atoms with van der Waals surface area (Å²) in [7, 11) is 1.77. The van der Waals surface area contributed by atoms with Gasteiger partial charge in [0.15, 0.2) is 0 Å². The summed E-state index contributed by atoms with van der Waals surface area (Å²) in [5.74, 6) is 0. The molecule has 0 aliphatic heterocycles. The number of nitrogens with zero attached hydrogens (tertiary/aromatic N) is 1. The van der Waals surface area contributed by atoms with Crippen molar-refractivity contribution in [1.29, 1.82) is 0 Å². The normalized spacial score (nSPS) is 10.0. The van der Waals surface area contributed by atoms with Crippen molar-refractivity contribution in [2.24, 2.45) is 0 Å². The van der Waals surface area contributed by atoms with Gasteiger partial charge in [0.25, 0.3) is 4.82 Å². The zero-order valence-corrected chi connectivity index (χ0v) is 10.3. The van der Waals surface area contributed by atoms with Gasteiger partial charge in [0.1, 0.15) is 0 Å². The first-order valence-corrected chi connectivity index (χ1v) is 5.26. The van der Waals surface area contributed by atoms with Crippen LogP contribution in [-0.2, 0) is 6.54 Å². The molecule has 0 spiro atoms. The van der Waals surface area contributed by atoms with E-state index in [1.807, 2.05) is 0 Å². The lowest BCUT2D eigenvalue weighted by Crippen LogP contribution is -2.20. The van der Waals surface area contributed by atoms with E-state index in [9.17, 15) is 4.79 Å². The highest BCUT2D eigenvalue weighted by Crippen LogP contribution is 2.13. The number of halogens is 1. The standard InChI is InChI=1S/C11H14BrNO/c1-8-4-5-10(9(2)6-8)7-13(3)11(12)14/h4-6H,7H2,1-3H3. The maximum atomic E-state index is 11.0. The third-order valence-electron chi connectivity index (χ3n) is 2.21. The topological polar surface area (TPSA) is 20.3 Å². The van der Waals surface area contributed by atoms with Crippen LogP contribution in [0.5, 0.6) is 0 Å². The van der Waals surface area contributed by atoms with Crippen molar-refractivity contribution in [2.45, 2.75) is 20.4 Å². The van der Waals surface area contributed by atoms with Gasteiger partial charge in [-0.2, -0.15) is 0 Å².